The van der Waals surface area contributed by atoms with Crippen LogP contribution < -0.4 is 30.2 Å². The van der Waals surface area contributed by atoms with E-state index in [2.05, 4.69) is 16.0 Å². The van der Waals surface area contributed by atoms with E-state index >= 15 is 0 Å². The number of amides is 3. The van der Waals surface area contributed by atoms with Crippen molar-refractivity contribution in [1.82, 2.24) is 10.6 Å². The standard InChI is InChI=1S/C19H23N3O5/c1-25-15-9-14(10-16(26-2)18(15)27-3)22-17(23)12-21-19(24)20-11-13-7-5-4-6-8-13/h4-10H,11-12H2,1-3H3,(H,22,23)(H2,20,21,24). The average molecular weight is 373 g/mol. The van der Waals surface area contributed by atoms with Crippen molar-refractivity contribution in [2.45, 2.75) is 6.54 Å². The van der Waals surface area contributed by atoms with Gasteiger partial charge in [-0.25, -0.2) is 4.79 Å². The first-order chi connectivity index (χ1) is 13.1. The number of carbonyl (C=O) groups is 2. The Morgan fingerprint density at radius 2 is 1.52 bits per heavy atom. The molecule has 0 aliphatic heterocycles. The molecule has 2 aromatic rings. The van der Waals surface area contributed by atoms with Crippen LogP contribution in [0.4, 0.5) is 10.5 Å². The summed E-state index contributed by atoms with van der Waals surface area (Å²) in [6.45, 7) is 0.193. The monoisotopic (exact) mass is 373 g/mol. The van der Waals surface area contributed by atoms with E-state index < -0.39 is 6.03 Å². The average Bonchev–Trinajstić information content (AvgIpc) is 2.70. The minimum absolute atomic E-state index is 0.183. The molecule has 2 rings (SSSR count). The van der Waals surface area contributed by atoms with E-state index in [1.54, 1.807) is 12.1 Å². The molecule has 0 spiro atoms. The molecule has 0 fully saturated rings. The highest BCUT2D eigenvalue weighted by molar-refractivity contribution is 5.94. The Bertz CT molecular complexity index is 755. The second-order valence-corrected chi connectivity index (χ2v) is 5.48. The fraction of sp³-hybridized carbons (Fsp3) is 0.263. The van der Waals surface area contributed by atoms with Crippen LogP contribution in [-0.4, -0.2) is 39.8 Å². The summed E-state index contributed by atoms with van der Waals surface area (Å²) in [5.41, 5.74) is 1.43. The molecule has 3 amide bonds. The van der Waals surface area contributed by atoms with Crippen LogP contribution in [0.3, 0.4) is 0 Å². The van der Waals surface area contributed by atoms with Gasteiger partial charge in [0.15, 0.2) is 11.5 Å². The first kappa shape index (κ1) is 19.9. The van der Waals surface area contributed by atoms with Crippen molar-refractivity contribution in [3.05, 3.63) is 48.0 Å². The molecule has 0 saturated heterocycles. The number of rotatable bonds is 8. The van der Waals surface area contributed by atoms with Crippen LogP contribution in [0.1, 0.15) is 5.56 Å². The van der Waals surface area contributed by atoms with Crippen molar-refractivity contribution in [2.75, 3.05) is 33.2 Å². The Morgan fingerprint density at radius 3 is 2.07 bits per heavy atom. The van der Waals surface area contributed by atoms with Gasteiger partial charge in [-0.2, -0.15) is 0 Å². The molecule has 0 bridgehead atoms. The van der Waals surface area contributed by atoms with Crippen molar-refractivity contribution in [3.8, 4) is 17.2 Å². The number of carbonyl (C=O) groups excluding carboxylic acids is 2. The van der Waals surface area contributed by atoms with Crippen LogP contribution in [-0.2, 0) is 11.3 Å². The summed E-state index contributed by atoms with van der Waals surface area (Å²) in [5, 5.41) is 7.86. The summed E-state index contributed by atoms with van der Waals surface area (Å²) in [7, 11) is 4.47. The highest BCUT2D eigenvalue weighted by Crippen LogP contribution is 2.39. The molecule has 0 unspecified atom stereocenters. The summed E-state index contributed by atoms with van der Waals surface area (Å²) in [6, 6.07) is 12.3. The minimum atomic E-state index is -0.432. The molecule has 0 aliphatic carbocycles. The lowest BCUT2D eigenvalue weighted by Crippen LogP contribution is -2.39. The zero-order valence-electron chi connectivity index (χ0n) is 15.5. The van der Waals surface area contributed by atoms with Crippen molar-refractivity contribution in [3.63, 3.8) is 0 Å². The molecule has 0 radical (unpaired) electrons. The first-order valence-corrected chi connectivity index (χ1v) is 8.22. The van der Waals surface area contributed by atoms with Crippen molar-refractivity contribution in [1.29, 1.82) is 0 Å². The maximum Gasteiger partial charge on any atom is 0.315 e. The molecule has 8 nitrogen and oxygen atoms in total. The van der Waals surface area contributed by atoms with Crippen LogP contribution in [0.2, 0.25) is 0 Å². The fourth-order valence-electron chi connectivity index (χ4n) is 2.36. The number of ether oxygens (including phenoxy) is 3. The quantitative estimate of drug-likeness (QED) is 0.659. The molecule has 0 aromatic heterocycles. The summed E-state index contributed by atoms with van der Waals surface area (Å²) in [4.78, 5) is 23.9. The Hall–Kier alpha value is -3.42. The molecule has 27 heavy (non-hydrogen) atoms. The van der Waals surface area contributed by atoms with E-state index in [1.165, 1.54) is 21.3 Å². The van der Waals surface area contributed by atoms with Gasteiger partial charge in [0.2, 0.25) is 11.7 Å². The third-order valence-corrected chi connectivity index (χ3v) is 3.65. The number of hydrogen-bond acceptors (Lipinski definition) is 5. The Balaban J connectivity index is 1.87. The Kier molecular flexibility index (Phi) is 7.30. The van der Waals surface area contributed by atoms with Gasteiger partial charge in [0.05, 0.1) is 27.9 Å². The molecular formula is C19H23N3O5. The highest BCUT2D eigenvalue weighted by atomic mass is 16.5. The molecule has 8 heteroatoms. The van der Waals surface area contributed by atoms with Gasteiger partial charge in [0.1, 0.15) is 0 Å². The second-order valence-electron chi connectivity index (χ2n) is 5.48. The van der Waals surface area contributed by atoms with Gasteiger partial charge in [0.25, 0.3) is 0 Å². The van der Waals surface area contributed by atoms with Crippen LogP contribution in [0.25, 0.3) is 0 Å². The molecule has 2 aromatic carbocycles. The smallest absolute Gasteiger partial charge is 0.315 e. The highest BCUT2D eigenvalue weighted by Gasteiger charge is 2.14. The van der Waals surface area contributed by atoms with Gasteiger partial charge in [-0.1, -0.05) is 30.3 Å². The normalized spacial score (nSPS) is 9.89. The maximum atomic E-state index is 12.1. The zero-order valence-corrected chi connectivity index (χ0v) is 15.5. The number of hydrogen-bond donors (Lipinski definition) is 3. The van der Waals surface area contributed by atoms with Crippen LogP contribution >= 0.6 is 0 Å². The minimum Gasteiger partial charge on any atom is -0.493 e. The third-order valence-electron chi connectivity index (χ3n) is 3.65. The van der Waals surface area contributed by atoms with Crippen molar-refractivity contribution in [2.24, 2.45) is 0 Å². The van der Waals surface area contributed by atoms with E-state index in [4.69, 9.17) is 14.2 Å². The number of nitrogens with one attached hydrogen (secondary N) is 3. The Labute approximate surface area is 157 Å². The second kappa shape index (κ2) is 9.91. The number of anilines is 1. The summed E-state index contributed by atoms with van der Waals surface area (Å²) in [6.07, 6.45) is 0. The van der Waals surface area contributed by atoms with Crippen LogP contribution in [0.15, 0.2) is 42.5 Å². The van der Waals surface area contributed by atoms with Crippen LogP contribution in [0, 0.1) is 0 Å². The van der Waals surface area contributed by atoms with E-state index in [9.17, 15) is 9.59 Å². The van der Waals surface area contributed by atoms with Gasteiger partial charge in [-0.3, -0.25) is 4.79 Å². The van der Waals surface area contributed by atoms with Gasteiger partial charge in [0, 0.05) is 24.4 Å². The maximum absolute atomic E-state index is 12.1. The summed E-state index contributed by atoms with van der Waals surface area (Å²) in [5.74, 6) is 0.872. The Morgan fingerprint density at radius 1 is 0.889 bits per heavy atom. The molecular weight excluding hydrogens is 350 g/mol. The lowest BCUT2D eigenvalue weighted by molar-refractivity contribution is -0.115. The first-order valence-electron chi connectivity index (χ1n) is 8.22. The van der Waals surface area contributed by atoms with Gasteiger partial charge >= 0.3 is 6.03 Å². The number of methoxy groups -OCH3 is 3. The van der Waals surface area contributed by atoms with Crippen molar-refractivity contribution < 1.29 is 23.8 Å². The topological polar surface area (TPSA) is 97.9 Å². The lowest BCUT2D eigenvalue weighted by atomic mass is 10.2. The molecule has 144 valence electrons. The van der Waals surface area contributed by atoms with E-state index in [0.29, 0.717) is 29.5 Å². The molecule has 0 atom stereocenters. The van der Waals surface area contributed by atoms with E-state index in [-0.39, 0.29) is 12.5 Å². The number of urea groups is 1. The predicted molar refractivity (Wildman–Crippen MR) is 101 cm³/mol. The molecule has 0 heterocycles. The SMILES string of the molecule is COc1cc(NC(=O)CNC(=O)NCc2ccccc2)cc(OC)c1OC. The summed E-state index contributed by atoms with van der Waals surface area (Å²) >= 11 is 0. The zero-order chi connectivity index (χ0) is 19.6. The van der Waals surface area contributed by atoms with Gasteiger partial charge in [-0.05, 0) is 5.56 Å². The van der Waals surface area contributed by atoms with Gasteiger partial charge < -0.3 is 30.2 Å². The van der Waals surface area contributed by atoms with Crippen LogP contribution in [0.5, 0.6) is 17.2 Å². The number of benzene rings is 2. The molecule has 0 saturated carbocycles. The predicted octanol–water partition coefficient (Wildman–Crippen LogP) is 2.15. The molecule has 3 N–H and O–H groups in total. The largest absolute Gasteiger partial charge is 0.493 e. The van der Waals surface area contributed by atoms with E-state index in [0.717, 1.165) is 5.56 Å². The summed E-state index contributed by atoms with van der Waals surface area (Å²) < 4.78 is 15.7. The molecule has 0 aliphatic rings. The third kappa shape index (κ3) is 5.81. The fourth-order valence-corrected chi connectivity index (χ4v) is 2.36. The van der Waals surface area contributed by atoms with Gasteiger partial charge in [-0.15, -0.1) is 0 Å². The van der Waals surface area contributed by atoms with E-state index in [1.807, 2.05) is 30.3 Å². The van der Waals surface area contributed by atoms with Crippen molar-refractivity contribution >= 4 is 17.6 Å². The lowest BCUT2D eigenvalue weighted by Gasteiger charge is -2.14.